The summed E-state index contributed by atoms with van der Waals surface area (Å²) >= 11 is 0. The first kappa shape index (κ1) is 19.5. The molecule has 140 valence electrons. The van der Waals surface area contributed by atoms with Gasteiger partial charge in [-0.05, 0) is 38.1 Å². The minimum Gasteiger partial charge on any atom is -0.350 e. The number of hydrogen-bond donors (Lipinski definition) is 2. The van der Waals surface area contributed by atoms with Crippen LogP contribution in [0.2, 0.25) is 0 Å². The largest absolute Gasteiger partial charge is 0.350 e. The number of non-ortho nitro benzene ring substituents is 2. The van der Waals surface area contributed by atoms with Crippen LogP contribution in [0, 0.1) is 20.2 Å². The maximum absolute atomic E-state index is 12.3. The summed E-state index contributed by atoms with van der Waals surface area (Å²) in [6.07, 6.45) is 0. The Morgan fingerprint density at radius 2 is 1.37 bits per heavy atom. The maximum atomic E-state index is 12.3. The third-order valence-electron chi connectivity index (χ3n) is 3.41. The fourth-order valence-electron chi connectivity index (χ4n) is 2.19. The molecule has 0 fully saturated rings. The molecular weight excluding hydrogens is 356 g/mol. The second-order valence-corrected chi connectivity index (χ2v) is 5.91. The summed E-state index contributed by atoms with van der Waals surface area (Å²) in [4.78, 5) is 44.4. The first-order chi connectivity index (χ1) is 12.7. The van der Waals surface area contributed by atoms with Gasteiger partial charge >= 0.3 is 0 Å². The molecule has 0 bridgehead atoms. The molecule has 10 heteroatoms. The SMILES string of the molecule is CC(C)NC(=O)c1ccc(NC(=O)c2cc([N+](=O)[O-])cc([N+](=O)[O-])c2)cc1. The van der Waals surface area contributed by atoms with Gasteiger partial charge in [0.15, 0.2) is 0 Å². The molecule has 0 radical (unpaired) electrons. The standard InChI is InChI=1S/C17H16N4O6/c1-10(2)18-16(22)11-3-5-13(6-4-11)19-17(23)12-7-14(20(24)25)9-15(8-12)21(26)27/h3-10H,1-2H3,(H,18,22)(H,19,23). The van der Waals surface area contributed by atoms with Crippen molar-refractivity contribution in [2.24, 2.45) is 0 Å². The summed E-state index contributed by atoms with van der Waals surface area (Å²) in [6.45, 7) is 3.65. The predicted octanol–water partition coefficient (Wildman–Crippen LogP) is 2.89. The Morgan fingerprint density at radius 3 is 1.81 bits per heavy atom. The fraction of sp³-hybridized carbons (Fsp3) is 0.176. The smallest absolute Gasteiger partial charge is 0.277 e. The molecule has 0 spiro atoms. The molecule has 2 aromatic rings. The highest BCUT2D eigenvalue weighted by atomic mass is 16.6. The van der Waals surface area contributed by atoms with Crippen LogP contribution in [0.5, 0.6) is 0 Å². The van der Waals surface area contributed by atoms with Crippen molar-refractivity contribution < 1.29 is 19.4 Å². The van der Waals surface area contributed by atoms with Gasteiger partial charge in [0.05, 0.1) is 21.5 Å². The molecule has 0 aliphatic rings. The lowest BCUT2D eigenvalue weighted by molar-refractivity contribution is -0.394. The van der Waals surface area contributed by atoms with E-state index in [4.69, 9.17) is 0 Å². The Balaban J connectivity index is 2.21. The summed E-state index contributed by atoms with van der Waals surface area (Å²) in [6, 6.07) is 8.63. The number of nitrogens with zero attached hydrogens (tertiary/aromatic N) is 2. The molecule has 0 aliphatic carbocycles. The number of nitro groups is 2. The van der Waals surface area contributed by atoms with E-state index in [0.29, 0.717) is 11.3 Å². The zero-order valence-electron chi connectivity index (χ0n) is 14.5. The Bertz CT molecular complexity index is 876. The van der Waals surface area contributed by atoms with Gasteiger partial charge in [-0.3, -0.25) is 29.8 Å². The molecule has 0 atom stereocenters. The van der Waals surface area contributed by atoms with Crippen molar-refractivity contribution in [1.29, 1.82) is 0 Å². The zero-order valence-corrected chi connectivity index (χ0v) is 14.5. The second-order valence-electron chi connectivity index (χ2n) is 5.91. The monoisotopic (exact) mass is 372 g/mol. The quantitative estimate of drug-likeness (QED) is 0.589. The average molecular weight is 372 g/mol. The van der Waals surface area contributed by atoms with Gasteiger partial charge in [-0.25, -0.2) is 0 Å². The molecular formula is C17H16N4O6. The van der Waals surface area contributed by atoms with E-state index in [0.717, 1.165) is 18.2 Å². The number of hydrogen-bond acceptors (Lipinski definition) is 6. The number of nitrogens with one attached hydrogen (secondary N) is 2. The van der Waals surface area contributed by atoms with Crippen molar-refractivity contribution in [2.45, 2.75) is 19.9 Å². The van der Waals surface area contributed by atoms with Crippen molar-refractivity contribution in [1.82, 2.24) is 5.32 Å². The van der Waals surface area contributed by atoms with Crippen LogP contribution in [0.3, 0.4) is 0 Å². The van der Waals surface area contributed by atoms with Crippen LogP contribution < -0.4 is 10.6 Å². The van der Waals surface area contributed by atoms with E-state index in [-0.39, 0.29) is 17.5 Å². The van der Waals surface area contributed by atoms with Gasteiger partial charge in [0.25, 0.3) is 23.2 Å². The van der Waals surface area contributed by atoms with Crippen molar-refractivity contribution in [3.63, 3.8) is 0 Å². The maximum Gasteiger partial charge on any atom is 0.277 e. The first-order valence-electron chi connectivity index (χ1n) is 7.83. The molecule has 0 saturated carbocycles. The average Bonchev–Trinajstić information content (AvgIpc) is 2.61. The minimum absolute atomic E-state index is 0.0264. The van der Waals surface area contributed by atoms with Crippen molar-refractivity contribution in [3.8, 4) is 0 Å². The molecule has 0 aromatic heterocycles. The van der Waals surface area contributed by atoms with Gasteiger partial charge in [0, 0.05) is 29.4 Å². The van der Waals surface area contributed by atoms with Gasteiger partial charge in [0.1, 0.15) is 0 Å². The Morgan fingerprint density at radius 1 is 0.852 bits per heavy atom. The fourth-order valence-corrected chi connectivity index (χ4v) is 2.19. The summed E-state index contributed by atoms with van der Waals surface area (Å²) < 4.78 is 0. The van der Waals surface area contributed by atoms with Gasteiger partial charge in [-0.2, -0.15) is 0 Å². The molecule has 2 rings (SSSR count). The lowest BCUT2D eigenvalue weighted by Gasteiger charge is -2.09. The molecule has 2 aromatic carbocycles. The number of rotatable bonds is 6. The van der Waals surface area contributed by atoms with Gasteiger partial charge in [-0.15, -0.1) is 0 Å². The number of carbonyl (C=O) groups excluding carboxylic acids is 2. The van der Waals surface area contributed by atoms with Crippen LogP contribution in [0.4, 0.5) is 17.1 Å². The highest BCUT2D eigenvalue weighted by molar-refractivity contribution is 6.05. The van der Waals surface area contributed by atoms with Crippen molar-refractivity contribution >= 4 is 28.9 Å². The van der Waals surface area contributed by atoms with Gasteiger partial charge in [0.2, 0.25) is 0 Å². The van der Waals surface area contributed by atoms with E-state index >= 15 is 0 Å². The summed E-state index contributed by atoms with van der Waals surface area (Å²) in [7, 11) is 0. The Kier molecular flexibility index (Phi) is 5.81. The molecule has 0 heterocycles. The van der Waals surface area contributed by atoms with E-state index in [1.807, 2.05) is 13.8 Å². The minimum atomic E-state index is -0.814. The lowest BCUT2D eigenvalue weighted by atomic mass is 10.1. The summed E-state index contributed by atoms with van der Waals surface area (Å²) in [5.74, 6) is -1.02. The number of carbonyl (C=O) groups is 2. The van der Waals surface area contributed by atoms with Crippen LogP contribution in [0.1, 0.15) is 34.6 Å². The molecule has 0 saturated heterocycles. The number of anilines is 1. The summed E-state index contributed by atoms with van der Waals surface area (Å²) in [5, 5.41) is 27.0. The molecule has 2 N–H and O–H groups in total. The summed E-state index contributed by atoms with van der Waals surface area (Å²) in [5.41, 5.74) is -0.620. The topological polar surface area (TPSA) is 144 Å². The van der Waals surface area contributed by atoms with Crippen LogP contribution >= 0.6 is 0 Å². The van der Waals surface area contributed by atoms with Crippen molar-refractivity contribution in [2.75, 3.05) is 5.32 Å². The third-order valence-corrected chi connectivity index (χ3v) is 3.41. The number of benzene rings is 2. The molecule has 0 aliphatic heterocycles. The number of amides is 2. The third kappa shape index (κ3) is 5.08. The predicted molar refractivity (Wildman–Crippen MR) is 96.7 cm³/mol. The van der Waals surface area contributed by atoms with Crippen molar-refractivity contribution in [3.05, 3.63) is 73.8 Å². The zero-order chi connectivity index (χ0) is 20.1. The highest BCUT2D eigenvalue weighted by Gasteiger charge is 2.20. The Hall–Kier alpha value is -3.82. The van der Waals surface area contributed by atoms with E-state index in [1.165, 1.54) is 24.3 Å². The highest BCUT2D eigenvalue weighted by Crippen LogP contribution is 2.23. The van der Waals surface area contributed by atoms with Gasteiger partial charge in [-0.1, -0.05) is 0 Å². The van der Waals surface area contributed by atoms with E-state index in [9.17, 15) is 29.8 Å². The van der Waals surface area contributed by atoms with Crippen LogP contribution in [0.15, 0.2) is 42.5 Å². The van der Waals surface area contributed by atoms with Crippen LogP contribution in [-0.2, 0) is 0 Å². The number of nitro benzene ring substituents is 2. The van der Waals surface area contributed by atoms with Crippen LogP contribution in [-0.4, -0.2) is 27.7 Å². The molecule has 2 amide bonds. The Labute approximate surface area is 153 Å². The molecule has 10 nitrogen and oxygen atoms in total. The second kappa shape index (κ2) is 8.04. The lowest BCUT2D eigenvalue weighted by Crippen LogP contribution is -2.30. The molecule has 27 heavy (non-hydrogen) atoms. The van der Waals surface area contributed by atoms with Crippen LogP contribution in [0.25, 0.3) is 0 Å². The molecule has 0 unspecified atom stereocenters. The van der Waals surface area contributed by atoms with E-state index < -0.39 is 27.1 Å². The first-order valence-corrected chi connectivity index (χ1v) is 7.83. The normalized spacial score (nSPS) is 10.3. The van der Waals surface area contributed by atoms with E-state index in [1.54, 1.807) is 0 Å². The van der Waals surface area contributed by atoms with Gasteiger partial charge < -0.3 is 10.6 Å². The van der Waals surface area contributed by atoms with E-state index in [2.05, 4.69) is 10.6 Å².